The van der Waals surface area contributed by atoms with Crippen molar-refractivity contribution in [1.82, 2.24) is 10.2 Å². The zero-order valence-electron chi connectivity index (χ0n) is 16.8. The Labute approximate surface area is 191 Å². The normalized spacial score (nSPS) is 24.0. The van der Waals surface area contributed by atoms with E-state index in [0.29, 0.717) is 12.1 Å². The Balaban J connectivity index is 0.000001000. The molecule has 3 atom stereocenters. The van der Waals surface area contributed by atoms with Crippen molar-refractivity contribution in [2.45, 2.75) is 18.5 Å². The quantitative estimate of drug-likeness (QED) is 0.627. The van der Waals surface area contributed by atoms with Gasteiger partial charge in [0.15, 0.2) is 5.78 Å². The molecule has 3 aliphatic rings. The lowest BCUT2D eigenvalue weighted by atomic mass is 9.95. The number of carbonyl (C=O) groups excluding carboxylic acids is 1. The lowest BCUT2D eigenvalue weighted by Crippen LogP contribution is -2.30. The first kappa shape index (κ1) is 24.0. The van der Waals surface area contributed by atoms with Gasteiger partial charge in [0.05, 0.1) is 0 Å². The fourth-order valence-corrected chi connectivity index (χ4v) is 4.96. The Kier molecular flexibility index (Phi) is 7.30. The molecule has 1 N–H and O–H groups in total. The van der Waals surface area contributed by atoms with Gasteiger partial charge in [0, 0.05) is 56.1 Å². The van der Waals surface area contributed by atoms with Crippen LogP contribution in [-0.2, 0) is 0 Å². The molecule has 1 aliphatic carbocycles. The Hall–Kier alpha value is -1.30. The van der Waals surface area contributed by atoms with Gasteiger partial charge in [-0.05, 0) is 54.3 Å². The molecule has 29 heavy (non-hydrogen) atoms. The number of carbonyl (C=O) groups is 1. The molecule has 2 aromatic rings. The smallest absolute Gasteiger partial charge is 0.194 e. The van der Waals surface area contributed by atoms with Crippen molar-refractivity contribution in [2.24, 2.45) is 5.92 Å². The summed E-state index contributed by atoms with van der Waals surface area (Å²) in [7, 11) is 6.21. The van der Waals surface area contributed by atoms with E-state index in [2.05, 4.69) is 47.6 Å². The molecular weight excluding hydrogens is 429 g/mol. The third kappa shape index (κ3) is 3.89. The minimum Gasteiger partial charge on any atom is -0.378 e. The van der Waals surface area contributed by atoms with E-state index in [0.717, 1.165) is 40.4 Å². The number of ketones is 1. The van der Waals surface area contributed by atoms with Crippen molar-refractivity contribution in [3.63, 3.8) is 0 Å². The number of halogens is 3. The summed E-state index contributed by atoms with van der Waals surface area (Å²) in [5.41, 5.74) is 6.18. The number of likely N-dealkylation sites (tertiary alicyclic amines) is 1. The predicted molar refractivity (Wildman–Crippen MR) is 127 cm³/mol. The van der Waals surface area contributed by atoms with Crippen LogP contribution in [0.15, 0.2) is 36.4 Å². The van der Waals surface area contributed by atoms with Crippen molar-refractivity contribution in [3.05, 3.63) is 53.1 Å². The van der Waals surface area contributed by atoms with Crippen LogP contribution in [-0.4, -0.2) is 51.0 Å². The van der Waals surface area contributed by atoms with Gasteiger partial charge < -0.3 is 15.1 Å². The molecule has 2 aliphatic heterocycles. The highest BCUT2D eigenvalue weighted by molar-refractivity contribution is 6.22. The van der Waals surface area contributed by atoms with Gasteiger partial charge in [0.2, 0.25) is 0 Å². The number of benzene rings is 2. The van der Waals surface area contributed by atoms with Crippen LogP contribution in [0.5, 0.6) is 0 Å². The number of nitrogens with zero attached hydrogens (tertiary/aromatic N) is 2. The molecule has 158 valence electrons. The van der Waals surface area contributed by atoms with Crippen LogP contribution >= 0.6 is 37.2 Å². The molecule has 0 radical (unpaired) electrons. The molecular formula is C22H28Cl3N3O. The molecule has 2 heterocycles. The summed E-state index contributed by atoms with van der Waals surface area (Å²) in [5.74, 6) is 0.896. The maximum Gasteiger partial charge on any atom is 0.194 e. The highest BCUT2D eigenvalue weighted by Crippen LogP contribution is 2.41. The molecule has 3 unspecified atom stereocenters. The molecule has 0 bridgehead atoms. The Bertz CT molecular complexity index is 904. The number of likely N-dealkylation sites (N-methyl/N-ethyl adjacent to an activating group) is 1. The lowest BCUT2D eigenvalue weighted by molar-refractivity contribution is 0.104. The molecule has 0 spiro atoms. The summed E-state index contributed by atoms with van der Waals surface area (Å²) in [6.45, 7) is 2.31. The second kappa shape index (κ2) is 8.83. The summed E-state index contributed by atoms with van der Waals surface area (Å²) in [6, 6.07) is 13.6. The van der Waals surface area contributed by atoms with E-state index in [-0.39, 0.29) is 43.0 Å². The van der Waals surface area contributed by atoms with Gasteiger partial charge >= 0.3 is 0 Å². The monoisotopic (exact) mass is 455 g/mol. The SMILES string of the molecule is CN1CC2CC(c3ccc4c(c3)C(=O)c3cc(N(C)C)ccc3-4)NC2C1.Cl.Cl.Cl. The number of fused-ring (bicyclic) bond motifs is 4. The van der Waals surface area contributed by atoms with Crippen molar-refractivity contribution < 1.29 is 4.79 Å². The first-order valence-electron chi connectivity index (χ1n) is 9.46. The average Bonchev–Trinajstić information content (AvgIpc) is 3.25. The van der Waals surface area contributed by atoms with Crippen LogP contribution in [0.2, 0.25) is 0 Å². The number of hydrogen-bond donors (Lipinski definition) is 1. The topological polar surface area (TPSA) is 35.6 Å². The van der Waals surface area contributed by atoms with E-state index in [1.807, 2.05) is 25.1 Å². The van der Waals surface area contributed by atoms with Crippen molar-refractivity contribution in [1.29, 1.82) is 0 Å². The van der Waals surface area contributed by atoms with E-state index < -0.39 is 0 Å². The molecule has 2 aromatic carbocycles. The van der Waals surface area contributed by atoms with Crippen LogP contribution in [0.25, 0.3) is 11.1 Å². The van der Waals surface area contributed by atoms with Gasteiger partial charge in [-0.2, -0.15) is 0 Å². The largest absolute Gasteiger partial charge is 0.378 e. The number of hydrogen-bond acceptors (Lipinski definition) is 4. The first-order chi connectivity index (χ1) is 12.5. The molecule has 0 amide bonds. The summed E-state index contributed by atoms with van der Waals surface area (Å²) in [4.78, 5) is 17.5. The summed E-state index contributed by atoms with van der Waals surface area (Å²) >= 11 is 0. The summed E-state index contributed by atoms with van der Waals surface area (Å²) in [5, 5.41) is 3.79. The molecule has 7 heteroatoms. The molecule has 2 fully saturated rings. The van der Waals surface area contributed by atoms with Gasteiger partial charge in [-0.25, -0.2) is 0 Å². The Morgan fingerprint density at radius 1 is 0.931 bits per heavy atom. The highest BCUT2D eigenvalue weighted by Gasteiger charge is 2.40. The lowest BCUT2D eigenvalue weighted by Gasteiger charge is -2.17. The maximum absolute atomic E-state index is 13.0. The molecule has 2 saturated heterocycles. The van der Waals surface area contributed by atoms with Crippen molar-refractivity contribution >= 4 is 48.7 Å². The van der Waals surface area contributed by atoms with Gasteiger partial charge in [0.1, 0.15) is 0 Å². The third-order valence-corrected chi connectivity index (χ3v) is 6.32. The maximum atomic E-state index is 13.0. The Morgan fingerprint density at radius 2 is 1.59 bits per heavy atom. The molecule has 5 rings (SSSR count). The second-order valence-electron chi connectivity index (χ2n) is 8.30. The number of rotatable bonds is 2. The highest BCUT2D eigenvalue weighted by atomic mass is 35.5. The number of nitrogens with one attached hydrogen (secondary N) is 1. The van der Waals surface area contributed by atoms with Crippen LogP contribution < -0.4 is 10.2 Å². The Morgan fingerprint density at radius 3 is 2.24 bits per heavy atom. The first-order valence-corrected chi connectivity index (χ1v) is 9.46. The standard InChI is InChI=1S/C22H25N3O.3ClH/c1-24(2)15-5-7-17-16-6-4-13(8-18(16)22(26)19(17)10-15)20-9-14-11-25(3)12-21(14)23-20;;;/h4-8,10,14,20-21,23H,9,11-12H2,1-3H3;3*1H. The molecule has 0 aromatic heterocycles. The molecule has 4 nitrogen and oxygen atoms in total. The van der Waals surface area contributed by atoms with Crippen molar-refractivity contribution in [3.8, 4) is 11.1 Å². The predicted octanol–water partition coefficient (Wildman–Crippen LogP) is 4.19. The minimum atomic E-state index is 0. The third-order valence-electron chi connectivity index (χ3n) is 6.32. The average molecular weight is 457 g/mol. The van der Waals surface area contributed by atoms with Gasteiger partial charge in [-0.1, -0.05) is 18.2 Å². The van der Waals surface area contributed by atoms with E-state index in [1.165, 1.54) is 18.5 Å². The van der Waals surface area contributed by atoms with Gasteiger partial charge in [0.25, 0.3) is 0 Å². The van der Waals surface area contributed by atoms with E-state index >= 15 is 0 Å². The summed E-state index contributed by atoms with van der Waals surface area (Å²) in [6.07, 6.45) is 1.17. The fourth-order valence-electron chi connectivity index (χ4n) is 4.96. The van der Waals surface area contributed by atoms with Crippen LogP contribution in [0.1, 0.15) is 33.9 Å². The van der Waals surface area contributed by atoms with Gasteiger partial charge in [-0.3, -0.25) is 4.79 Å². The van der Waals surface area contributed by atoms with Crippen LogP contribution in [0, 0.1) is 5.92 Å². The zero-order valence-corrected chi connectivity index (χ0v) is 19.3. The zero-order chi connectivity index (χ0) is 18.0. The van der Waals surface area contributed by atoms with Crippen molar-refractivity contribution in [2.75, 3.05) is 39.1 Å². The van der Waals surface area contributed by atoms with E-state index in [4.69, 9.17) is 0 Å². The van der Waals surface area contributed by atoms with Crippen LogP contribution in [0.3, 0.4) is 0 Å². The summed E-state index contributed by atoms with van der Waals surface area (Å²) < 4.78 is 0. The minimum absolute atomic E-state index is 0. The van der Waals surface area contributed by atoms with E-state index in [9.17, 15) is 4.79 Å². The van der Waals surface area contributed by atoms with E-state index in [1.54, 1.807) is 0 Å². The second-order valence-corrected chi connectivity index (χ2v) is 8.30. The van der Waals surface area contributed by atoms with Gasteiger partial charge in [-0.15, -0.1) is 37.2 Å². The van der Waals surface area contributed by atoms with Crippen LogP contribution in [0.4, 0.5) is 5.69 Å². The molecule has 0 saturated carbocycles. The fraction of sp³-hybridized carbons (Fsp3) is 0.409. The number of anilines is 1.